The highest BCUT2D eigenvalue weighted by molar-refractivity contribution is 5.92. The number of carboxylic acids is 1. The highest BCUT2D eigenvalue weighted by Crippen LogP contribution is 2.13. The summed E-state index contributed by atoms with van der Waals surface area (Å²) in [7, 11) is 0. The van der Waals surface area contributed by atoms with Crippen molar-refractivity contribution >= 4 is 29.6 Å². The van der Waals surface area contributed by atoms with Gasteiger partial charge in [0.15, 0.2) is 0 Å². The number of aliphatic carboxylic acids is 1. The maximum Gasteiger partial charge on any atom is 0.326 e. The SMILES string of the molecule is CC(C)C[C@@H](NC(=O)[C@H](Cc1ccc(O)cc1)NC(=O)[C@@H]1C/C=C/C[C@H](N)C(=O)N[C@@H](CCCCN)C(=O)N[C@@H](CCCCN)CN1)C(=O)O. The van der Waals surface area contributed by atoms with E-state index in [1.807, 2.05) is 13.8 Å². The lowest BCUT2D eigenvalue weighted by Gasteiger charge is -2.28. The van der Waals surface area contributed by atoms with Crippen molar-refractivity contribution in [1.82, 2.24) is 26.6 Å². The Hall–Kier alpha value is -4.05. The average Bonchev–Trinajstić information content (AvgIpc) is 3.06. The second-order valence-electron chi connectivity index (χ2n) is 13.3. The molecule has 0 saturated heterocycles. The van der Waals surface area contributed by atoms with Gasteiger partial charge in [-0.05, 0) is 88.1 Å². The highest BCUT2D eigenvalue weighted by atomic mass is 16.4. The van der Waals surface area contributed by atoms with Crippen LogP contribution in [0.5, 0.6) is 5.75 Å². The zero-order chi connectivity index (χ0) is 37.1. The van der Waals surface area contributed by atoms with Gasteiger partial charge < -0.3 is 54.0 Å². The van der Waals surface area contributed by atoms with Gasteiger partial charge in [-0.25, -0.2) is 4.79 Å². The van der Waals surface area contributed by atoms with E-state index in [0.717, 1.165) is 6.42 Å². The summed E-state index contributed by atoms with van der Waals surface area (Å²) in [6.07, 6.45) is 7.69. The Bertz CT molecular complexity index is 1260. The van der Waals surface area contributed by atoms with Crippen molar-refractivity contribution in [2.75, 3.05) is 19.6 Å². The topological polar surface area (TPSA) is 264 Å². The number of carboxylic acid groups (broad SMARTS) is 1. The summed E-state index contributed by atoms with van der Waals surface area (Å²) < 4.78 is 0. The number of nitrogens with two attached hydrogens (primary N) is 3. The number of phenolic OH excluding ortho intramolecular Hbond substituents is 1. The minimum absolute atomic E-state index is 0.0130. The van der Waals surface area contributed by atoms with Crippen LogP contribution in [-0.4, -0.2) is 95.7 Å². The third-order valence-corrected chi connectivity index (χ3v) is 8.46. The van der Waals surface area contributed by atoms with E-state index in [-0.39, 0.29) is 49.8 Å². The molecule has 1 aromatic carbocycles. The first-order valence-electron chi connectivity index (χ1n) is 17.6. The Morgan fingerprint density at radius 1 is 0.880 bits per heavy atom. The van der Waals surface area contributed by atoms with Crippen molar-refractivity contribution in [3.8, 4) is 5.75 Å². The van der Waals surface area contributed by atoms with E-state index in [4.69, 9.17) is 17.2 Å². The van der Waals surface area contributed by atoms with E-state index in [0.29, 0.717) is 50.8 Å². The molecule has 2 rings (SSSR count). The number of hydrogen-bond donors (Lipinski definition) is 10. The Morgan fingerprint density at radius 3 is 2.14 bits per heavy atom. The normalized spacial score (nSPS) is 22.4. The van der Waals surface area contributed by atoms with Crippen molar-refractivity contribution in [3.63, 3.8) is 0 Å². The van der Waals surface area contributed by atoms with Crippen LogP contribution in [-0.2, 0) is 30.4 Å². The average molecular weight is 703 g/mol. The molecule has 15 nitrogen and oxygen atoms in total. The van der Waals surface area contributed by atoms with E-state index in [9.17, 15) is 34.2 Å². The lowest BCUT2D eigenvalue weighted by Crippen LogP contribution is -2.58. The number of amides is 4. The molecule has 1 aliphatic heterocycles. The number of unbranched alkanes of at least 4 members (excludes halogenated alkanes) is 2. The molecule has 0 fully saturated rings. The molecule has 0 aromatic heterocycles. The third kappa shape index (κ3) is 15.7. The third-order valence-electron chi connectivity index (χ3n) is 8.46. The predicted octanol–water partition coefficient (Wildman–Crippen LogP) is -0.102. The van der Waals surface area contributed by atoms with Crippen LogP contribution < -0.4 is 43.8 Å². The maximum absolute atomic E-state index is 13.9. The van der Waals surface area contributed by atoms with Crippen LogP contribution in [0.4, 0.5) is 0 Å². The van der Waals surface area contributed by atoms with Gasteiger partial charge in [0, 0.05) is 19.0 Å². The van der Waals surface area contributed by atoms with Crippen LogP contribution in [0.3, 0.4) is 0 Å². The molecule has 13 N–H and O–H groups in total. The van der Waals surface area contributed by atoms with Crippen LogP contribution in [0.1, 0.15) is 77.2 Å². The zero-order valence-electron chi connectivity index (χ0n) is 29.4. The Balaban J connectivity index is 2.37. The number of carbonyl (C=O) groups excluding carboxylic acids is 4. The van der Waals surface area contributed by atoms with Crippen molar-refractivity contribution in [3.05, 3.63) is 42.0 Å². The number of carbonyl (C=O) groups is 5. The van der Waals surface area contributed by atoms with Crippen molar-refractivity contribution in [1.29, 1.82) is 0 Å². The fraction of sp³-hybridized carbons (Fsp3) is 0.629. The van der Waals surface area contributed by atoms with Gasteiger partial charge in [0.25, 0.3) is 0 Å². The molecule has 50 heavy (non-hydrogen) atoms. The van der Waals surface area contributed by atoms with Crippen molar-refractivity contribution in [2.45, 2.75) is 114 Å². The molecule has 0 radical (unpaired) electrons. The lowest BCUT2D eigenvalue weighted by atomic mass is 10.0. The quantitative estimate of drug-likeness (QED) is 0.0757. The zero-order valence-corrected chi connectivity index (χ0v) is 29.4. The van der Waals surface area contributed by atoms with Crippen LogP contribution in [0.25, 0.3) is 0 Å². The molecule has 6 atom stereocenters. The fourth-order valence-corrected chi connectivity index (χ4v) is 5.57. The second kappa shape index (κ2) is 22.6. The fourth-order valence-electron chi connectivity index (χ4n) is 5.57. The van der Waals surface area contributed by atoms with Gasteiger partial charge in [-0.15, -0.1) is 0 Å². The number of rotatable bonds is 17. The van der Waals surface area contributed by atoms with E-state index in [1.165, 1.54) is 12.1 Å². The van der Waals surface area contributed by atoms with Crippen LogP contribution in [0, 0.1) is 5.92 Å². The van der Waals surface area contributed by atoms with Gasteiger partial charge in [0.2, 0.25) is 23.6 Å². The Kier molecular flexibility index (Phi) is 19.1. The van der Waals surface area contributed by atoms with Crippen molar-refractivity contribution < 1.29 is 34.2 Å². The van der Waals surface area contributed by atoms with E-state index >= 15 is 0 Å². The first-order valence-corrected chi connectivity index (χ1v) is 17.6. The first-order chi connectivity index (χ1) is 23.8. The Labute approximate surface area is 294 Å². The first kappa shape index (κ1) is 42.1. The summed E-state index contributed by atoms with van der Waals surface area (Å²) in [6.45, 7) is 4.82. The molecule has 1 heterocycles. The molecule has 0 unspecified atom stereocenters. The largest absolute Gasteiger partial charge is 0.508 e. The van der Waals surface area contributed by atoms with Crippen LogP contribution in [0.2, 0.25) is 0 Å². The van der Waals surface area contributed by atoms with E-state index < -0.39 is 59.9 Å². The molecule has 0 spiro atoms. The summed E-state index contributed by atoms with van der Waals surface area (Å²) in [5, 5.41) is 33.9. The molecule has 4 amide bonds. The molecule has 1 aliphatic rings. The molecule has 0 aliphatic carbocycles. The van der Waals surface area contributed by atoms with Crippen molar-refractivity contribution in [2.24, 2.45) is 23.1 Å². The highest BCUT2D eigenvalue weighted by Gasteiger charge is 2.31. The van der Waals surface area contributed by atoms with E-state index in [1.54, 1.807) is 24.3 Å². The molecular weight excluding hydrogens is 644 g/mol. The minimum atomic E-state index is -1.18. The summed E-state index contributed by atoms with van der Waals surface area (Å²) in [5.41, 5.74) is 18.1. The smallest absolute Gasteiger partial charge is 0.326 e. The van der Waals surface area contributed by atoms with Gasteiger partial charge in [-0.2, -0.15) is 0 Å². The molecule has 1 aromatic rings. The summed E-state index contributed by atoms with van der Waals surface area (Å²) in [6, 6.07) is 0.829. The summed E-state index contributed by atoms with van der Waals surface area (Å²) >= 11 is 0. The van der Waals surface area contributed by atoms with E-state index in [2.05, 4.69) is 26.6 Å². The molecule has 15 heteroatoms. The van der Waals surface area contributed by atoms with Gasteiger partial charge in [-0.1, -0.05) is 44.6 Å². The second-order valence-corrected chi connectivity index (χ2v) is 13.3. The van der Waals surface area contributed by atoms with Crippen LogP contribution >= 0.6 is 0 Å². The van der Waals surface area contributed by atoms with Gasteiger partial charge in [0.1, 0.15) is 23.9 Å². The van der Waals surface area contributed by atoms with Gasteiger partial charge in [0.05, 0.1) is 12.1 Å². The van der Waals surface area contributed by atoms with Gasteiger partial charge >= 0.3 is 5.97 Å². The summed E-state index contributed by atoms with van der Waals surface area (Å²) in [5.74, 6) is -3.19. The number of nitrogens with one attached hydrogen (secondary N) is 5. The molecular formula is C35H58N8O7. The maximum atomic E-state index is 13.9. The number of benzene rings is 1. The monoisotopic (exact) mass is 702 g/mol. The molecule has 280 valence electrons. The standard InChI is InChI=1S/C35H58N8O7/c1-22(2)19-30(35(49)50)43-34(48)29(20-23-13-15-25(44)16-14-23)42-32(46)27-11-4-3-10-26(38)31(45)41-28(12-6-8-18-37)33(47)40-24(21-39-27)9-5-7-17-36/h3-4,13-16,22,24,26-30,39,44H,5-12,17-21,36-38H2,1-2H3,(H,40,47)(H,41,45)(H,42,46)(H,43,48)(H,49,50)/b4-3+/t24-,26-,27-,28-,29-,30+/m0/s1. The lowest BCUT2D eigenvalue weighted by molar-refractivity contribution is -0.142. The minimum Gasteiger partial charge on any atom is -0.508 e. The number of aromatic hydroxyl groups is 1. The number of phenols is 1. The predicted molar refractivity (Wildman–Crippen MR) is 191 cm³/mol. The molecule has 0 bridgehead atoms. The number of hydrogen-bond acceptors (Lipinski definition) is 10. The summed E-state index contributed by atoms with van der Waals surface area (Å²) in [4.78, 5) is 65.8. The Morgan fingerprint density at radius 2 is 1.52 bits per heavy atom. The van der Waals surface area contributed by atoms with Gasteiger partial charge in [-0.3, -0.25) is 19.2 Å². The molecule has 0 saturated carbocycles. The van der Waals surface area contributed by atoms with Crippen LogP contribution in [0.15, 0.2) is 36.4 Å².